The highest BCUT2D eigenvalue weighted by Gasteiger charge is 2.23. The average molecular weight is 377 g/mol. The molecule has 26 heavy (non-hydrogen) atoms. The number of hydrogen-bond donors (Lipinski definition) is 2. The number of hydrogen-bond acceptors (Lipinski definition) is 5. The number of ether oxygens (including phenoxy) is 1. The summed E-state index contributed by atoms with van der Waals surface area (Å²) in [5.41, 5.74) is 1.29. The maximum absolute atomic E-state index is 13.2. The van der Waals surface area contributed by atoms with Crippen LogP contribution in [-0.4, -0.2) is 42.1 Å². The van der Waals surface area contributed by atoms with E-state index >= 15 is 0 Å². The molecule has 1 amide bonds. The third-order valence-corrected chi connectivity index (χ3v) is 4.45. The third-order valence-electron chi connectivity index (χ3n) is 3.80. The molecule has 1 atom stereocenters. The summed E-state index contributed by atoms with van der Waals surface area (Å²) in [4.78, 5) is 24.6. The molecule has 2 rings (SSSR count). The normalized spacial score (nSPS) is 11.7. The number of methoxy groups -OCH3 is 1. The lowest BCUT2D eigenvalue weighted by molar-refractivity contribution is -0.142. The van der Waals surface area contributed by atoms with Crippen molar-refractivity contribution in [3.05, 3.63) is 53.8 Å². The molecule has 5 nitrogen and oxygen atoms in total. The number of esters is 1. The van der Waals surface area contributed by atoms with Gasteiger partial charge in [0.05, 0.1) is 7.11 Å². The van der Waals surface area contributed by atoms with Gasteiger partial charge in [0.1, 0.15) is 17.6 Å². The molecule has 0 aromatic heterocycles. The monoisotopic (exact) mass is 377 g/mol. The largest absolute Gasteiger partial charge is 0.508 e. The predicted octanol–water partition coefficient (Wildman–Crippen LogP) is 3.22. The van der Waals surface area contributed by atoms with Crippen molar-refractivity contribution in [3.8, 4) is 16.9 Å². The van der Waals surface area contributed by atoms with Crippen LogP contribution in [0.3, 0.4) is 0 Å². The fourth-order valence-electron chi connectivity index (χ4n) is 2.46. The van der Waals surface area contributed by atoms with E-state index < -0.39 is 23.7 Å². The topological polar surface area (TPSA) is 75.6 Å². The van der Waals surface area contributed by atoms with Gasteiger partial charge in [-0.05, 0) is 59.9 Å². The zero-order valence-electron chi connectivity index (χ0n) is 14.5. The lowest BCUT2D eigenvalue weighted by Crippen LogP contribution is -2.42. The minimum Gasteiger partial charge on any atom is -0.508 e. The van der Waals surface area contributed by atoms with Gasteiger partial charge in [0, 0.05) is 5.56 Å². The molecule has 0 radical (unpaired) electrons. The van der Waals surface area contributed by atoms with Crippen molar-refractivity contribution in [1.82, 2.24) is 5.32 Å². The number of carbonyl (C=O) groups excluding carboxylic acids is 2. The summed E-state index contributed by atoms with van der Waals surface area (Å²) in [5.74, 6) is -0.730. The van der Waals surface area contributed by atoms with Crippen LogP contribution < -0.4 is 5.32 Å². The molecule has 7 heteroatoms. The Bertz CT molecular complexity index is 780. The molecule has 2 aromatic carbocycles. The Labute approximate surface area is 155 Å². The molecule has 138 valence electrons. The quantitative estimate of drug-likeness (QED) is 0.725. The number of phenolic OH excluding ortho intramolecular Hbond substituents is 1. The number of nitrogens with one attached hydrogen (secondary N) is 1. The van der Waals surface area contributed by atoms with Crippen LogP contribution in [0.15, 0.2) is 42.5 Å². The number of phenols is 1. The van der Waals surface area contributed by atoms with Crippen molar-refractivity contribution >= 4 is 23.6 Å². The van der Waals surface area contributed by atoms with E-state index in [2.05, 4.69) is 5.32 Å². The summed E-state index contributed by atoms with van der Waals surface area (Å²) < 4.78 is 17.9. The SMILES string of the molecule is COC(=O)[C@H](CCSC)NC(=O)c1ccc(O)cc1-c1ccc(F)cc1. The van der Waals surface area contributed by atoms with Crippen LogP contribution in [0.25, 0.3) is 11.1 Å². The number of rotatable bonds is 7. The van der Waals surface area contributed by atoms with Gasteiger partial charge in [0.2, 0.25) is 0 Å². The van der Waals surface area contributed by atoms with Gasteiger partial charge in [-0.1, -0.05) is 12.1 Å². The van der Waals surface area contributed by atoms with Crippen LogP contribution >= 0.6 is 11.8 Å². The molecule has 0 saturated carbocycles. The summed E-state index contributed by atoms with van der Waals surface area (Å²) in [6, 6.07) is 9.10. The van der Waals surface area contributed by atoms with Crippen molar-refractivity contribution in [3.63, 3.8) is 0 Å². The number of carbonyl (C=O) groups is 2. The molecule has 0 heterocycles. The third kappa shape index (κ3) is 4.98. The Hall–Kier alpha value is -2.54. The van der Waals surface area contributed by atoms with Gasteiger partial charge in [-0.3, -0.25) is 4.79 Å². The van der Waals surface area contributed by atoms with Gasteiger partial charge >= 0.3 is 5.97 Å². The van der Waals surface area contributed by atoms with Crippen molar-refractivity contribution in [2.45, 2.75) is 12.5 Å². The average Bonchev–Trinajstić information content (AvgIpc) is 2.64. The number of amides is 1. The van der Waals surface area contributed by atoms with Gasteiger partial charge in [0.15, 0.2) is 0 Å². The smallest absolute Gasteiger partial charge is 0.328 e. The second-order valence-electron chi connectivity index (χ2n) is 5.57. The minimum absolute atomic E-state index is 0.0206. The molecule has 0 unspecified atom stereocenters. The highest BCUT2D eigenvalue weighted by Crippen LogP contribution is 2.28. The molecular formula is C19H20FNO4S. The van der Waals surface area contributed by atoms with Gasteiger partial charge in [-0.2, -0.15) is 11.8 Å². The Morgan fingerprint density at radius 2 is 1.92 bits per heavy atom. The van der Waals surface area contributed by atoms with Crippen LogP contribution in [0, 0.1) is 5.82 Å². The van der Waals surface area contributed by atoms with Gasteiger partial charge in [-0.25, -0.2) is 9.18 Å². The summed E-state index contributed by atoms with van der Waals surface area (Å²) in [5, 5.41) is 12.5. The first-order valence-corrected chi connectivity index (χ1v) is 9.32. The molecule has 2 aromatic rings. The first-order valence-electron chi connectivity index (χ1n) is 7.93. The Kier molecular flexibility index (Phi) is 7.03. The van der Waals surface area contributed by atoms with Crippen molar-refractivity contribution in [1.29, 1.82) is 0 Å². The standard InChI is InChI=1S/C19H20FNO4S/c1-25-19(24)17(9-10-26-2)21-18(23)15-8-7-14(22)11-16(15)12-3-5-13(20)6-4-12/h3-8,11,17,22H,9-10H2,1-2H3,(H,21,23)/t17-/m0/s1. The van der Waals surface area contributed by atoms with Crippen LogP contribution in [0.1, 0.15) is 16.8 Å². The fraction of sp³-hybridized carbons (Fsp3) is 0.263. The summed E-state index contributed by atoms with van der Waals surface area (Å²) in [6.07, 6.45) is 2.34. The van der Waals surface area contributed by atoms with Gasteiger partial charge < -0.3 is 15.2 Å². The Morgan fingerprint density at radius 1 is 1.23 bits per heavy atom. The van der Waals surface area contributed by atoms with E-state index in [9.17, 15) is 19.1 Å². The Balaban J connectivity index is 2.33. The van der Waals surface area contributed by atoms with E-state index in [0.717, 1.165) is 0 Å². The maximum Gasteiger partial charge on any atom is 0.328 e. The first-order chi connectivity index (χ1) is 12.5. The molecule has 0 fully saturated rings. The predicted molar refractivity (Wildman–Crippen MR) is 99.8 cm³/mol. The lowest BCUT2D eigenvalue weighted by atomic mass is 9.98. The molecule has 0 saturated heterocycles. The van der Waals surface area contributed by atoms with Crippen LogP contribution in [0.2, 0.25) is 0 Å². The molecule has 0 bridgehead atoms. The van der Waals surface area contributed by atoms with Crippen LogP contribution in [-0.2, 0) is 9.53 Å². The van der Waals surface area contributed by atoms with E-state index in [0.29, 0.717) is 23.3 Å². The molecule has 0 spiro atoms. The minimum atomic E-state index is -0.769. The summed E-state index contributed by atoms with van der Waals surface area (Å²) in [7, 11) is 1.27. The fourth-order valence-corrected chi connectivity index (χ4v) is 2.93. The van der Waals surface area contributed by atoms with Crippen molar-refractivity contribution in [2.75, 3.05) is 19.1 Å². The van der Waals surface area contributed by atoms with E-state index in [4.69, 9.17) is 4.74 Å². The van der Waals surface area contributed by atoms with E-state index in [1.165, 1.54) is 49.6 Å². The summed E-state index contributed by atoms with van der Waals surface area (Å²) in [6.45, 7) is 0. The lowest BCUT2D eigenvalue weighted by Gasteiger charge is -2.17. The number of thioether (sulfide) groups is 1. The van der Waals surface area contributed by atoms with Gasteiger partial charge in [0.25, 0.3) is 5.91 Å². The molecular weight excluding hydrogens is 357 g/mol. The van der Waals surface area contributed by atoms with Crippen molar-refractivity contribution < 1.29 is 23.8 Å². The van der Waals surface area contributed by atoms with Crippen LogP contribution in [0.5, 0.6) is 5.75 Å². The Morgan fingerprint density at radius 3 is 2.54 bits per heavy atom. The highest BCUT2D eigenvalue weighted by molar-refractivity contribution is 7.98. The zero-order valence-corrected chi connectivity index (χ0v) is 15.3. The second kappa shape index (κ2) is 9.24. The first kappa shape index (κ1) is 19.8. The summed E-state index contributed by atoms with van der Waals surface area (Å²) >= 11 is 1.56. The molecule has 0 aliphatic carbocycles. The van der Waals surface area contributed by atoms with E-state index in [-0.39, 0.29) is 11.3 Å². The van der Waals surface area contributed by atoms with Crippen molar-refractivity contribution in [2.24, 2.45) is 0 Å². The molecule has 2 N–H and O–H groups in total. The number of halogens is 1. The highest BCUT2D eigenvalue weighted by atomic mass is 32.2. The van der Waals surface area contributed by atoms with Crippen LogP contribution in [0.4, 0.5) is 4.39 Å². The second-order valence-corrected chi connectivity index (χ2v) is 6.55. The number of aromatic hydroxyl groups is 1. The maximum atomic E-state index is 13.2. The molecule has 0 aliphatic rings. The molecule has 0 aliphatic heterocycles. The number of benzene rings is 2. The van der Waals surface area contributed by atoms with E-state index in [1.54, 1.807) is 11.8 Å². The van der Waals surface area contributed by atoms with Gasteiger partial charge in [-0.15, -0.1) is 0 Å². The van der Waals surface area contributed by atoms with E-state index in [1.807, 2.05) is 6.26 Å². The zero-order chi connectivity index (χ0) is 19.1.